The van der Waals surface area contributed by atoms with E-state index in [0.717, 1.165) is 6.42 Å². The predicted octanol–water partition coefficient (Wildman–Crippen LogP) is -0.169. The molecule has 0 aliphatic carbocycles. The van der Waals surface area contributed by atoms with E-state index in [1.807, 2.05) is 6.92 Å². The van der Waals surface area contributed by atoms with Gasteiger partial charge in [-0.05, 0) is 13.3 Å². The molecule has 0 aromatic carbocycles. The molecule has 0 bridgehead atoms. The second-order valence-electron chi connectivity index (χ2n) is 2.63. The molecule has 3 heteroatoms. The van der Waals surface area contributed by atoms with E-state index >= 15 is 0 Å². The molecule has 3 atom stereocenters. The van der Waals surface area contributed by atoms with Crippen LogP contribution in [0.15, 0.2) is 0 Å². The van der Waals surface area contributed by atoms with Crippen LogP contribution in [0, 0.1) is 0 Å². The normalized spacial score (nSPS) is 45.0. The Morgan fingerprint density at radius 1 is 1.56 bits per heavy atom. The van der Waals surface area contributed by atoms with Crippen LogP contribution in [-0.2, 0) is 4.74 Å². The summed E-state index contributed by atoms with van der Waals surface area (Å²) >= 11 is 0. The molecule has 1 aliphatic rings. The van der Waals surface area contributed by atoms with Gasteiger partial charge in [0.2, 0.25) is 0 Å². The van der Waals surface area contributed by atoms with Gasteiger partial charge in [-0.2, -0.15) is 0 Å². The standard InChI is InChI=1S/C6H13NO2/c1-4-2-5(7)3-6(8)9-4/h4-6,8H,2-3,7H2,1H3/t4?,5-,6+/m0/s1. The zero-order valence-electron chi connectivity index (χ0n) is 5.58. The van der Waals surface area contributed by atoms with Crippen LogP contribution in [0.3, 0.4) is 0 Å². The lowest BCUT2D eigenvalue weighted by atomic mass is 10.0. The Morgan fingerprint density at radius 3 is 2.67 bits per heavy atom. The molecule has 1 saturated heterocycles. The first-order chi connectivity index (χ1) is 4.18. The summed E-state index contributed by atoms with van der Waals surface area (Å²) in [5, 5.41) is 8.95. The number of nitrogens with two attached hydrogens (primary N) is 1. The summed E-state index contributed by atoms with van der Waals surface area (Å²) in [5.74, 6) is 0. The average Bonchev–Trinajstić information content (AvgIpc) is 1.59. The van der Waals surface area contributed by atoms with Gasteiger partial charge < -0.3 is 15.6 Å². The highest BCUT2D eigenvalue weighted by atomic mass is 16.6. The quantitative estimate of drug-likeness (QED) is 0.480. The molecular weight excluding hydrogens is 118 g/mol. The molecule has 0 spiro atoms. The fourth-order valence-corrected chi connectivity index (χ4v) is 1.16. The lowest BCUT2D eigenvalue weighted by Gasteiger charge is -2.28. The molecule has 3 nitrogen and oxygen atoms in total. The van der Waals surface area contributed by atoms with E-state index < -0.39 is 6.29 Å². The molecule has 9 heavy (non-hydrogen) atoms. The number of ether oxygens (including phenoxy) is 1. The minimum Gasteiger partial charge on any atom is -0.368 e. The zero-order valence-corrected chi connectivity index (χ0v) is 5.58. The molecule has 1 unspecified atom stereocenters. The number of aliphatic hydroxyl groups excluding tert-OH is 1. The summed E-state index contributed by atoms with van der Waals surface area (Å²) in [5.41, 5.74) is 5.58. The van der Waals surface area contributed by atoms with Gasteiger partial charge in [0, 0.05) is 12.5 Å². The molecule has 0 radical (unpaired) electrons. The van der Waals surface area contributed by atoms with Crippen molar-refractivity contribution in [2.24, 2.45) is 5.73 Å². The van der Waals surface area contributed by atoms with Crippen molar-refractivity contribution in [3.8, 4) is 0 Å². The summed E-state index contributed by atoms with van der Waals surface area (Å²) in [6.45, 7) is 1.92. The van der Waals surface area contributed by atoms with Crippen molar-refractivity contribution in [2.75, 3.05) is 0 Å². The Morgan fingerprint density at radius 2 is 2.22 bits per heavy atom. The first-order valence-electron chi connectivity index (χ1n) is 3.27. The van der Waals surface area contributed by atoms with E-state index in [9.17, 15) is 0 Å². The van der Waals surface area contributed by atoms with Gasteiger partial charge in [-0.15, -0.1) is 0 Å². The van der Waals surface area contributed by atoms with Gasteiger partial charge >= 0.3 is 0 Å². The van der Waals surface area contributed by atoms with E-state index in [4.69, 9.17) is 15.6 Å². The minimum absolute atomic E-state index is 0.115. The summed E-state index contributed by atoms with van der Waals surface area (Å²) < 4.78 is 5.03. The predicted molar refractivity (Wildman–Crippen MR) is 33.8 cm³/mol. The van der Waals surface area contributed by atoms with Crippen LogP contribution in [0.2, 0.25) is 0 Å². The largest absolute Gasteiger partial charge is 0.368 e. The maximum atomic E-state index is 8.95. The molecule has 0 aromatic rings. The van der Waals surface area contributed by atoms with E-state index in [2.05, 4.69) is 0 Å². The molecule has 0 amide bonds. The summed E-state index contributed by atoms with van der Waals surface area (Å²) in [6.07, 6.45) is 0.911. The van der Waals surface area contributed by atoms with Crippen molar-refractivity contribution in [1.29, 1.82) is 0 Å². The lowest BCUT2D eigenvalue weighted by molar-refractivity contribution is -0.161. The maximum absolute atomic E-state index is 8.95. The second kappa shape index (κ2) is 2.64. The van der Waals surface area contributed by atoms with Crippen molar-refractivity contribution in [3.63, 3.8) is 0 Å². The minimum atomic E-state index is -0.635. The Labute approximate surface area is 54.8 Å². The topological polar surface area (TPSA) is 55.5 Å². The fourth-order valence-electron chi connectivity index (χ4n) is 1.16. The molecule has 0 aromatic heterocycles. The van der Waals surface area contributed by atoms with E-state index in [1.165, 1.54) is 0 Å². The van der Waals surface area contributed by atoms with Crippen molar-refractivity contribution in [1.82, 2.24) is 0 Å². The molecule has 1 rings (SSSR count). The van der Waals surface area contributed by atoms with E-state index in [1.54, 1.807) is 0 Å². The van der Waals surface area contributed by atoms with Crippen LogP contribution in [0.5, 0.6) is 0 Å². The lowest BCUT2D eigenvalue weighted by Crippen LogP contribution is -2.38. The van der Waals surface area contributed by atoms with Gasteiger partial charge in [0.05, 0.1) is 6.10 Å². The number of hydrogen-bond acceptors (Lipinski definition) is 3. The highest BCUT2D eigenvalue weighted by Gasteiger charge is 2.22. The van der Waals surface area contributed by atoms with E-state index in [-0.39, 0.29) is 12.1 Å². The van der Waals surface area contributed by atoms with Gasteiger partial charge in [0.1, 0.15) is 0 Å². The van der Waals surface area contributed by atoms with Gasteiger partial charge in [0.15, 0.2) is 6.29 Å². The monoisotopic (exact) mass is 131 g/mol. The fraction of sp³-hybridized carbons (Fsp3) is 1.00. The number of hydrogen-bond donors (Lipinski definition) is 2. The summed E-state index contributed by atoms with van der Waals surface area (Å²) in [4.78, 5) is 0. The molecule has 3 N–H and O–H groups in total. The molecule has 1 heterocycles. The summed E-state index contributed by atoms with van der Waals surface area (Å²) in [7, 11) is 0. The third-order valence-electron chi connectivity index (χ3n) is 1.53. The van der Waals surface area contributed by atoms with Crippen LogP contribution in [0.4, 0.5) is 0 Å². The van der Waals surface area contributed by atoms with Gasteiger partial charge in [0.25, 0.3) is 0 Å². The molecular formula is C6H13NO2. The molecule has 0 saturated carbocycles. The molecule has 1 aliphatic heterocycles. The third kappa shape index (κ3) is 1.93. The Kier molecular flexibility index (Phi) is 2.05. The van der Waals surface area contributed by atoms with E-state index in [0.29, 0.717) is 6.42 Å². The van der Waals surface area contributed by atoms with Crippen LogP contribution in [-0.4, -0.2) is 23.5 Å². The average molecular weight is 131 g/mol. The SMILES string of the molecule is CC1C[C@H](N)C[C@H](O)O1. The first-order valence-corrected chi connectivity index (χ1v) is 3.27. The summed E-state index contributed by atoms with van der Waals surface area (Å²) in [6, 6.07) is 0.115. The molecule has 1 fully saturated rings. The van der Waals surface area contributed by atoms with Crippen molar-refractivity contribution >= 4 is 0 Å². The van der Waals surface area contributed by atoms with Gasteiger partial charge in [-0.3, -0.25) is 0 Å². The second-order valence-corrected chi connectivity index (χ2v) is 2.63. The Hall–Kier alpha value is -0.120. The van der Waals surface area contributed by atoms with Crippen LogP contribution in [0.1, 0.15) is 19.8 Å². The van der Waals surface area contributed by atoms with Crippen LogP contribution < -0.4 is 5.73 Å². The van der Waals surface area contributed by atoms with Gasteiger partial charge in [-0.1, -0.05) is 0 Å². The number of aliphatic hydroxyl groups is 1. The van der Waals surface area contributed by atoms with Crippen molar-refractivity contribution in [3.05, 3.63) is 0 Å². The van der Waals surface area contributed by atoms with Crippen LogP contribution >= 0.6 is 0 Å². The Balaban J connectivity index is 2.34. The molecule has 54 valence electrons. The zero-order chi connectivity index (χ0) is 6.85. The third-order valence-corrected chi connectivity index (χ3v) is 1.53. The number of rotatable bonds is 0. The highest BCUT2D eigenvalue weighted by molar-refractivity contribution is 4.72. The maximum Gasteiger partial charge on any atom is 0.156 e. The highest BCUT2D eigenvalue weighted by Crippen LogP contribution is 2.15. The van der Waals surface area contributed by atoms with Gasteiger partial charge in [-0.25, -0.2) is 0 Å². The van der Waals surface area contributed by atoms with Crippen LogP contribution in [0.25, 0.3) is 0 Å². The Bertz CT molecular complexity index is 72.0. The van der Waals surface area contributed by atoms with Crippen molar-refractivity contribution < 1.29 is 9.84 Å². The van der Waals surface area contributed by atoms with Crippen molar-refractivity contribution in [2.45, 2.75) is 38.2 Å². The first kappa shape index (κ1) is 6.99. The smallest absolute Gasteiger partial charge is 0.156 e.